The van der Waals surface area contributed by atoms with Gasteiger partial charge >= 0.3 is 5.97 Å². The average Bonchev–Trinajstić information content (AvgIpc) is 2.62. The van der Waals surface area contributed by atoms with E-state index in [4.69, 9.17) is 4.42 Å². The van der Waals surface area contributed by atoms with E-state index < -0.39 is 12.1 Å². The lowest BCUT2D eigenvalue weighted by atomic mass is 9.80. The number of carbonyl (C=O) groups excluding carboxylic acids is 1. The molecule has 4 heteroatoms. The Hall–Kier alpha value is -1.29. The van der Waals surface area contributed by atoms with Crippen LogP contribution in [-0.2, 0) is 4.74 Å². The Labute approximate surface area is 87.8 Å². The van der Waals surface area contributed by atoms with E-state index in [1.807, 2.05) is 0 Å². The number of esters is 1. The lowest BCUT2D eigenvalue weighted by molar-refractivity contribution is 0.0396. The number of furan rings is 1. The molecule has 0 spiro atoms. The standard InChI is InChI=1S/C11H14O4/c1-14-11(13)9-6-5-8(15-9)10(12)7-3-2-4-7/h5-7,10,12H,2-4H2,1H3. The van der Waals surface area contributed by atoms with Crippen molar-refractivity contribution in [2.24, 2.45) is 5.92 Å². The van der Waals surface area contributed by atoms with Crippen molar-refractivity contribution >= 4 is 5.97 Å². The number of methoxy groups -OCH3 is 1. The van der Waals surface area contributed by atoms with Crippen LogP contribution in [0.15, 0.2) is 16.5 Å². The van der Waals surface area contributed by atoms with Gasteiger partial charge in [0.15, 0.2) is 0 Å². The minimum absolute atomic E-state index is 0.144. The van der Waals surface area contributed by atoms with Crippen molar-refractivity contribution < 1.29 is 19.1 Å². The Kier molecular flexibility index (Phi) is 2.77. The van der Waals surface area contributed by atoms with Gasteiger partial charge in [-0.05, 0) is 30.9 Å². The van der Waals surface area contributed by atoms with Crippen LogP contribution in [0.3, 0.4) is 0 Å². The molecule has 82 valence electrons. The van der Waals surface area contributed by atoms with Gasteiger partial charge in [-0.2, -0.15) is 0 Å². The van der Waals surface area contributed by atoms with Crippen LogP contribution in [0.25, 0.3) is 0 Å². The largest absolute Gasteiger partial charge is 0.463 e. The Balaban J connectivity index is 2.08. The molecular weight excluding hydrogens is 196 g/mol. The van der Waals surface area contributed by atoms with Crippen LogP contribution in [0.4, 0.5) is 0 Å². The molecule has 15 heavy (non-hydrogen) atoms. The first kappa shape index (κ1) is 10.2. The summed E-state index contributed by atoms with van der Waals surface area (Å²) in [5.41, 5.74) is 0. The molecule has 1 atom stereocenters. The summed E-state index contributed by atoms with van der Waals surface area (Å²) in [7, 11) is 1.30. The highest BCUT2D eigenvalue weighted by atomic mass is 16.5. The summed E-state index contributed by atoms with van der Waals surface area (Å²) in [6.07, 6.45) is 2.62. The van der Waals surface area contributed by atoms with E-state index in [9.17, 15) is 9.90 Å². The van der Waals surface area contributed by atoms with E-state index in [0.29, 0.717) is 5.76 Å². The second-order valence-corrected chi connectivity index (χ2v) is 3.83. The van der Waals surface area contributed by atoms with Crippen LogP contribution in [0.1, 0.15) is 41.7 Å². The first-order valence-electron chi connectivity index (χ1n) is 5.08. The van der Waals surface area contributed by atoms with Gasteiger partial charge in [-0.3, -0.25) is 0 Å². The maximum absolute atomic E-state index is 11.1. The van der Waals surface area contributed by atoms with Gasteiger partial charge in [-0.25, -0.2) is 4.79 Å². The van der Waals surface area contributed by atoms with Crippen LogP contribution in [0.2, 0.25) is 0 Å². The van der Waals surface area contributed by atoms with E-state index >= 15 is 0 Å². The molecule has 1 aliphatic rings. The van der Waals surface area contributed by atoms with Crippen molar-refractivity contribution in [2.75, 3.05) is 7.11 Å². The second kappa shape index (κ2) is 4.06. The highest BCUT2D eigenvalue weighted by Crippen LogP contribution is 2.38. The van der Waals surface area contributed by atoms with Crippen molar-refractivity contribution in [3.63, 3.8) is 0 Å². The predicted molar refractivity (Wildman–Crippen MR) is 52.3 cm³/mol. The van der Waals surface area contributed by atoms with E-state index in [1.165, 1.54) is 13.2 Å². The van der Waals surface area contributed by atoms with Crippen LogP contribution in [0.5, 0.6) is 0 Å². The van der Waals surface area contributed by atoms with Gasteiger partial charge in [0, 0.05) is 0 Å². The van der Waals surface area contributed by atoms with Crippen LogP contribution >= 0.6 is 0 Å². The van der Waals surface area contributed by atoms with Gasteiger partial charge in [0.25, 0.3) is 0 Å². The van der Waals surface area contributed by atoms with Gasteiger partial charge < -0.3 is 14.3 Å². The number of hydrogen-bond donors (Lipinski definition) is 1. The predicted octanol–water partition coefficient (Wildman–Crippen LogP) is 1.90. The summed E-state index contributed by atoms with van der Waals surface area (Å²) >= 11 is 0. The van der Waals surface area contributed by atoms with Gasteiger partial charge in [-0.15, -0.1) is 0 Å². The van der Waals surface area contributed by atoms with Gasteiger partial charge in [0.2, 0.25) is 5.76 Å². The first-order valence-corrected chi connectivity index (χ1v) is 5.08. The molecule has 1 N–H and O–H groups in total. The number of hydrogen-bond acceptors (Lipinski definition) is 4. The third-order valence-electron chi connectivity index (χ3n) is 2.90. The monoisotopic (exact) mass is 210 g/mol. The number of rotatable bonds is 3. The maximum atomic E-state index is 11.1. The quantitative estimate of drug-likeness (QED) is 0.774. The molecule has 1 aliphatic carbocycles. The summed E-state index contributed by atoms with van der Waals surface area (Å²) in [4.78, 5) is 11.1. The first-order chi connectivity index (χ1) is 7.22. The number of ether oxygens (including phenoxy) is 1. The Bertz CT molecular complexity index is 351. The zero-order chi connectivity index (χ0) is 10.8. The maximum Gasteiger partial charge on any atom is 0.373 e. The molecule has 0 amide bonds. The molecule has 1 fully saturated rings. The van der Waals surface area contributed by atoms with Crippen molar-refractivity contribution in [3.05, 3.63) is 23.7 Å². The van der Waals surface area contributed by atoms with Crippen molar-refractivity contribution in [2.45, 2.75) is 25.4 Å². The topological polar surface area (TPSA) is 59.7 Å². The van der Waals surface area contributed by atoms with E-state index in [0.717, 1.165) is 19.3 Å². The Morgan fingerprint density at radius 3 is 2.87 bits per heavy atom. The highest BCUT2D eigenvalue weighted by molar-refractivity contribution is 5.86. The van der Waals surface area contributed by atoms with Gasteiger partial charge in [-0.1, -0.05) is 6.42 Å². The molecule has 0 saturated heterocycles. The fourth-order valence-corrected chi connectivity index (χ4v) is 1.71. The molecule has 1 heterocycles. The minimum Gasteiger partial charge on any atom is -0.463 e. The average molecular weight is 210 g/mol. The molecule has 2 rings (SSSR count). The Morgan fingerprint density at radius 1 is 1.60 bits per heavy atom. The lowest BCUT2D eigenvalue weighted by Crippen LogP contribution is -2.19. The lowest BCUT2D eigenvalue weighted by Gasteiger charge is -2.28. The molecule has 4 nitrogen and oxygen atoms in total. The summed E-state index contributed by atoms with van der Waals surface area (Å²) in [5.74, 6) is 0.370. The summed E-state index contributed by atoms with van der Waals surface area (Å²) < 4.78 is 9.75. The van der Waals surface area contributed by atoms with E-state index in [1.54, 1.807) is 6.07 Å². The number of carbonyl (C=O) groups is 1. The highest BCUT2D eigenvalue weighted by Gasteiger charge is 2.29. The molecule has 1 aromatic rings. The minimum atomic E-state index is -0.586. The van der Waals surface area contributed by atoms with Crippen LogP contribution < -0.4 is 0 Å². The fraction of sp³-hybridized carbons (Fsp3) is 0.545. The molecular formula is C11H14O4. The van der Waals surface area contributed by atoms with Gasteiger partial charge in [0.1, 0.15) is 11.9 Å². The van der Waals surface area contributed by atoms with Crippen LogP contribution in [-0.4, -0.2) is 18.2 Å². The molecule has 1 unspecified atom stereocenters. The number of aliphatic hydroxyl groups excluding tert-OH is 1. The van der Waals surface area contributed by atoms with Crippen molar-refractivity contribution in [1.82, 2.24) is 0 Å². The second-order valence-electron chi connectivity index (χ2n) is 3.83. The Morgan fingerprint density at radius 2 is 2.33 bits per heavy atom. The van der Waals surface area contributed by atoms with Crippen molar-refractivity contribution in [1.29, 1.82) is 0 Å². The zero-order valence-corrected chi connectivity index (χ0v) is 8.60. The summed E-state index contributed by atoms with van der Waals surface area (Å²) in [6, 6.07) is 3.16. The van der Waals surface area contributed by atoms with Crippen molar-refractivity contribution in [3.8, 4) is 0 Å². The van der Waals surface area contributed by atoms with E-state index in [-0.39, 0.29) is 11.7 Å². The fourth-order valence-electron chi connectivity index (χ4n) is 1.71. The van der Waals surface area contributed by atoms with E-state index in [2.05, 4.69) is 4.74 Å². The normalized spacial score (nSPS) is 18.3. The molecule has 0 bridgehead atoms. The third kappa shape index (κ3) is 1.90. The molecule has 1 saturated carbocycles. The number of aliphatic hydroxyl groups is 1. The zero-order valence-electron chi connectivity index (χ0n) is 8.60. The molecule has 0 aliphatic heterocycles. The molecule has 1 aromatic heterocycles. The molecule has 0 aromatic carbocycles. The smallest absolute Gasteiger partial charge is 0.373 e. The van der Waals surface area contributed by atoms with Crippen LogP contribution in [0, 0.1) is 5.92 Å². The summed E-state index contributed by atoms with van der Waals surface area (Å²) in [5, 5.41) is 9.86. The SMILES string of the molecule is COC(=O)c1ccc(C(O)C2CCC2)o1. The summed E-state index contributed by atoms with van der Waals surface area (Å²) in [6.45, 7) is 0. The molecule has 0 radical (unpaired) electrons. The van der Waals surface area contributed by atoms with Gasteiger partial charge in [0.05, 0.1) is 7.11 Å². The third-order valence-corrected chi connectivity index (χ3v) is 2.90.